The summed E-state index contributed by atoms with van der Waals surface area (Å²) in [4.78, 5) is 26.2. The molecular weight excluding hydrogens is 628 g/mol. The third kappa shape index (κ3) is 6.97. The largest absolute Gasteiger partial charge is 0.489 e. The van der Waals surface area contributed by atoms with Gasteiger partial charge in [-0.3, -0.25) is 9.59 Å². The lowest BCUT2D eigenvalue weighted by Crippen LogP contribution is -2.22. The van der Waals surface area contributed by atoms with Gasteiger partial charge in [0.2, 0.25) is 0 Å². The average molecular weight is 671 g/mol. The number of benzene rings is 4. The number of carboxylic acids is 2. The number of aliphatic carboxylic acids is 2. The van der Waals surface area contributed by atoms with E-state index in [1.165, 1.54) is 22.5 Å². The van der Waals surface area contributed by atoms with Crippen LogP contribution >= 0.6 is 0 Å². The molecule has 0 radical (unpaired) electrons. The van der Waals surface area contributed by atoms with Crippen LogP contribution in [0.2, 0.25) is 0 Å². The standard InChI is InChI=1S/C22H23NO3.C20H19NO3/c1-2-23-20-10-8-16(22(24)25)12-18(20)19-13-17(9-11-21(19)23)26-14-15-6-4-3-5-7-15;22-20(23)14-6-8-18-16(10-14)17-11-15(7-9-19(17)21-18)24-12-13-4-2-1-3-5-13/h3-7,9,11,13,16H,2,8,10,12,14H2,1H3,(H,24,25);1-5,7,9,11,14,21H,6,8,10,12H2,(H,22,23). The number of hydrogen-bond donors (Lipinski definition) is 3. The molecule has 2 aliphatic carbocycles. The first-order valence-corrected chi connectivity index (χ1v) is 17.4. The topological polar surface area (TPSA) is 114 Å². The Morgan fingerprint density at radius 2 is 1.28 bits per heavy atom. The zero-order valence-corrected chi connectivity index (χ0v) is 28.2. The second-order valence-electron chi connectivity index (χ2n) is 13.2. The highest BCUT2D eigenvalue weighted by Gasteiger charge is 2.29. The minimum atomic E-state index is -0.702. The van der Waals surface area contributed by atoms with E-state index >= 15 is 0 Å². The second-order valence-corrected chi connectivity index (χ2v) is 13.2. The summed E-state index contributed by atoms with van der Waals surface area (Å²) in [5, 5.41) is 21.0. The van der Waals surface area contributed by atoms with Gasteiger partial charge in [0.15, 0.2) is 0 Å². The van der Waals surface area contributed by atoms with Gasteiger partial charge >= 0.3 is 11.9 Å². The molecule has 0 saturated heterocycles. The van der Waals surface area contributed by atoms with E-state index in [-0.39, 0.29) is 11.8 Å². The Balaban J connectivity index is 0.000000157. The zero-order valence-electron chi connectivity index (χ0n) is 28.2. The van der Waals surface area contributed by atoms with Gasteiger partial charge in [-0.05, 0) is 104 Å². The van der Waals surface area contributed by atoms with Crippen LogP contribution < -0.4 is 9.47 Å². The summed E-state index contributed by atoms with van der Waals surface area (Å²) < 4.78 is 14.2. The van der Waals surface area contributed by atoms with Crippen LogP contribution in [0, 0.1) is 11.8 Å². The van der Waals surface area contributed by atoms with E-state index in [9.17, 15) is 19.8 Å². The highest BCUT2D eigenvalue weighted by atomic mass is 16.5. The van der Waals surface area contributed by atoms with Crippen molar-refractivity contribution in [1.82, 2.24) is 9.55 Å². The molecule has 8 heteroatoms. The number of nitrogens with one attached hydrogen (secondary N) is 1. The summed E-state index contributed by atoms with van der Waals surface area (Å²) in [6.07, 6.45) is 4.24. The monoisotopic (exact) mass is 670 g/mol. The summed E-state index contributed by atoms with van der Waals surface area (Å²) in [7, 11) is 0. The molecule has 6 aromatic rings. The summed E-state index contributed by atoms with van der Waals surface area (Å²) in [6.45, 7) is 4.09. The molecule has 2 atom stereocenters. The maximum atomic E-state index is 11.5. The van der Waals surface area contributed by atoms with Crippen molar-refractivity contribution < 1.29 is 29.3 Å². The van der Waals surface area contributed by atoms with E-state index in [1.807, 2.05) is 84.9 Å². The van der Waals surface area contributed by atoms with E-state index in [2.05, 4.69) is 28.6 Å². The average Bonchev–Trinajstić information content (AvgIpc) is 3.68. The molecule has 4 aromatic carbocycles. The fourth-order valence-electron chi connectivity index (χ4n) is 7.47. The van der Waals surface area contributed by atoms with Gasteiger partial charge in [0.05, 0.1) is 11.8 Å². The number of H-pyrrole nitrogens is 1. The Bertz CT molecular complexity index is 2130. The molecule has 0 amide bonds. The third-order valence-electron chi connectivity index (χ3n) is 10.1. The molecule has 50 heavy (non-hydrogen) atoms. The van der Waals surface area contributed by atoms with Gasteiger partial charge in [-0.15, -0.1) is 0 Å². The summed E-state index contributed by atoms with van der Waals surface area (Å²) >= 11 is 0. The predicted octanol–water partition coefficient (Wildman–Crippen LogP) is 8.37. The van der Waals surface area contributed by atoms with E-state index < -0.39 is 11.9 Å². The van der Waals surface area contributed by atoms with Crippen molar-refractivity contribution in [3.8, 4) is 11.5 Å². The van der Waals surface area contributed by atoms with E-state index in [0.717, 1.165) is 70.3 Å². The Hall–Kier alpha value is -5.50. The minimum Gasteiger partial charge on any atom is -0.489 e. The maximum Gasteiger partial charge on any atom is 0.306 e. The molecule has 2 unspecified atom stereocenters. The number of aryl methyl sites for hydroxylation is 2. The Morgan fingerprint density at radius 1 is 0.720 bits per heavy atom. The van der Waals surface area contributed by atoms with Crippen molar-refractivity contribution in [3.05, 3.63) is 131 Å². The van der Waals surface area contributed by atoms with Crippen molar-refractivity contribution >= 4 is 33.7 Å². The van der Waals surface area contributed by atoms with Crippen molar-refractivity contribution in [2.24, 2.45) is 11.8 Å². The van der Waals surface area contributed by atoms with Crippen LogP contribution in [-0.2, 0) is 55.0 Å². The molecule has 3 N–H and O–H groups in total. The first kappa shape index (κ1) is 33.0. The Labute approximate surface area is 291 Å². The fourth-order valence-corrected chi connectivity index (χ4v) is 7.47. The Kier molecular flexibility index (Phi) is 9.60. The van der Waals surface area contributed by atoms with Crippen LogP contribution in [0.3, 0.4) is 0 Å². The first-order valence-electron chi connectivity index (χ1n) is 17.4. The first-order chi connectivity index (χ1) is 24.4. The van der Waals surface area contributed by atoms with E-state index in [0.29, 0.717) is 32.5 Å². The molecule has 2 aromatic heterocycles. The van der Waals surface area contributed by atoms with Crippen LogP contribution in [0.4, 0.5) is 0 Å². The second kappa shape index (κ2) is 14.5. The summed E-state index contributed by atoms with van der Waals surface area (Å²) in [5.41, 5.74) is 9.27. The molecule has 0 fully saturated rings. The van der Waals surface area contributed by atoms with Crippen LogP contribution in [0.1, 0.15) is 53.4 Å². The van der Waals surface area contributed by atoms with Gasteiger partial charge in [-0.2, -0.15) is 0 Å². The molecule has 0 saturated carbocycles. The van der Waals surface area contributed by atoms with Crippen molar-refractivity contribution in [2.75, 3.05) is 0 Å². The van der Waals surface area contributed by atoms with Gasteiger partial charge < -0.3 is 29.2 Å². The maximum absolute atomic E-state index is 11.5. The highest BCUT2D eigenvalue weighted by Crippen LogP contribution is 2.37. The van der Waals surface area contributed by atoms with E-state index in [1.54, 1.807) is 0 Å². The molecular formula is C42H42N2O6. The molecule has 8 rings (SSSR count). The van der Waals surface area contributed by atoms with Crippen molar-refractivity contribution in [1.29, 1.82) is 0 Å². The number of aromatic amines is 1. The highest BCUT2D eigenvalue weighted by molar-refractivity contribution is 5.89. The van der Waals surface area contributed by atoms with Crippen LogP contribution in [-0.4, -0.2) is 31.7 Å². The van der Waals surface area contributed by atoms with Crippen LogP contribution in [0.25, 0.3) is 21.8 Å². The molecule has 256 valence electrons. The SMILES string of the molecule is CCn1c2c(c3cc(OCc4ccccc4)ccc31)CC(C(=O)O)CC2.O=C(O)C1CCc2[nH]c3ccc(OCc4ccccc4)cc3c2C1. The third-order valence-corrected chi connectivity index (χ3v) is 10.1. The quantitative estimate of drug-likeness (QED) is 0.142. The van der Waals surface area contributed by atoms with Gasteiger partial charge in [0.1, 0.15) is 24.7 Å². The zero-order chi connectivity index (χ0) is 34.6. The molecule has 2 aliphatic rings. The minimum absolute atomic E-state index is 0.285. The molecule has 0 aliphatic heterocycles. The Morgan fingerprint density at radius 3 is 1.88 bits per heavy atom. The molecule has 2 heterocycles. The molecule has 8 nitrogen and oxygen atoms in total. The number of fused-ring (bicyclic) bond motifs is 6. The van der Waals surface area contributed by atoms with Crippen LogP contribution in [0.15, 0.2) is 97.1 Å². The predicted molar refractivity (Wildman–Crippen MR) is 194 cm³/mol. The fraction of sp³-hybridized carbons (Fsp3) is 0.286. The smallest absolute Gasteiger partial charge is 0.306 e. The number of hydrogen-bond acceptors (Lipinski definition) is 4. The van der Waals surface area contributed by atoms with Gasteiger partial charge in [-0.1, -0.05) is 60.7 Å². The number of nitrogens with zero attached hydrogens (tertiary/aromatic N) is 1. The normalized spacial score (nSPS) is 16.6. The lowest BCUT2D eigenvalue weighted by atomic mass is 9.86. The molecule has 0 bridgehead atoms. The number of aromatic nitrogens is 2. The lowest BCUT2D eigenvalue weighted by Gasteiger charge is -2.20. The van der Waals surface area contributed by atoms with Crippen molar-refractivity contribution in [3.63, 3.8) is 0 Å². The van der Waals surface area contributed by atoms with E-state index in [4.69, 9.17) is 9.47 Å². The number of carboxylic acid groups (broad SMARTS) is 2. The number of ether oxygens (including phenoxy) is 2. The lowest BCUT2D eigenvalue weighted by molar-refractivity contribution is -0.143. The number of carbonyl (C=O) groups is 2. The van der Waals surface area contributed by atoms with Crippen LogP contribution in [0.5, 0.6) is 11.5 Å². The number of rotatable bonds is 9. The summed E-state index contributed by atoms with van der Waals surface area (Å²) in [6, 6.07) is 32.3. The van der Waals surface area contributed by atoms with Gasteiger partial charge in [0, 0.05) is 39.7 Å². The van der Waals surface area contributed by atoms with Crippen molar-refractivity contribution in [2.45, 2.75) is 65.2 Å². The molecule has 0 spiro atoms. The van der Waals surface area contributed by atoms with Gasteiger partial charge in [-0.25, -0.2) is 0 Å². The summed E-state index contributed by atoms with van der Waals surface area (Å²) in [5.74, 6) is -0.325. The van der Waals surface area contributed by atoms with Gasteiger partial charge in [0.25, 0.3) is 0 Å².